The summed E-state index contributed by atoms with van der Waals surface area (Å²) in [6, 6.07) is 1.20. The second-order valence-electron chi connectivity index (χ2n) is 6.23. The topological polar surface area (TPSA) is 40.7 Å². The zero-order valence-electron chi connectivity index (χ0n) is 10.7. The van der Waals surface area contributed by atoms with E-state index in [-0.39, 0.29) is 0 Å². The van der Waals surface area contributed by atoms with E-state index in [0.717, 1.165) is 23.5 Å². The van der Waals surface area contributed by atoms with Crippen LogP contribution in [0.4, 0.5) is 0 Å². The Morgan fingerprint density at radius 1 is 1.35 bits per heavy atom. The van der Waals surface area contributed by atoms with Gasteiger partial charge in [-0.1, -0.05) is 25.6 Å². The van der Waals surface area contributed by atoms with Gasteiger partial charge >= 0.3 is 0 Å². The normalized spacial score (nSPS) is 30.6. The molecule has 1 saturated carbocycles. The Hall–Kier alpha value is -1.05. The van der Waals surface area contributed by atoms with Crippen LogP contribution in [0.5, 0.6) is 0 Å². The summed E-state index contributed by atoms with van der Waals surface area (Å²) < 4.78 is 0. The van der Waals surface area contributed by atoms with E-state index in [2.05, 4.69) is 46.4 Å². The van der Waals surface area contributed by atoms with Crippen LogP contribution in [-0.2, 0) is 0 Å². The molecule has 0 amide bonds. The molecule has 1 aliphatic heterocycles. The molecule has 1 saturated heterocycles. The van der Waals surface area contributed by atoms with Crippen molar-refractivity contribution in [1.82, 2.24) is 15.3 Å². The molecule has 0 spiro atoms. The molecule has 2 aliphatic rings. The van der Waals surface area contributed by atoms with Crippen LogP contribution in [0.1, 0.15) is 30.4 Å². The van der Waals surface area contributed by atoms with Crippen molar-refractivity contribution < 1.29 is 0 Å². The Bertz CT molecular complexity index is 479. The van der Waals surface area contributed by atoms with Crippen molar-refractivity contribution >= 4 is 8.07 Å². The summed E-state index contributed by atoms with van der Waals surface area (Å²) in [6.07, 6.45) is 4.53. The SMILES string of the molecule is C[Si](C)(C)C#Cc1c[nH]c(C2C[C@H]3C[C@H]3N2)n1. The predicted molar refractivity (Wildman–Crippen MR) is 71.2 cm³/mol. The van der Waals surface area contributed by atoms with Crippen LogP contribution in [-0.4, -0.2) is 24.1 Å². The molecule has 2 N–H and O–H groups in total. The van der Waals surface area contributed by atoms with Crippen molar-refractivity contribution in [2.75, 3.05) is 0 Å². The molecule has 1 aromatic rings. The van der Waals surface area contributed by atoms with Crippen LogP contribution in [0.15, 0.2) is 6.20 Å². The number of piperidine rings is 1. The number of nitrogens with zero attached hydrogens (tertiary/aromatic N) is 1. The molecule has 2 fully saturated rings. The quantitative estimate of drug-likeness (QED) is 0.587. The van der Waals surface area contributed by atoms with E-state index in [1.165, 1.54) is 12.8 Å². The van der Waals surface area contributed by atoms with Crippen molar-refractivity contribution in [2.24, 2.45) is 5.92 Å². The van der Waals surface area contributed by atoms with E-state index in [0.29, 0.717) is 6.04 Å². The van der Waals surface area contributed by atoms with Crippen LogP contribution in [0, 0.1) is 17.4 Å². The first kappa shape index (κ1) is 11.1. The van der Waals surface area contributed by atoms with Crippen LogP contribution < -0.4 is 5.32 Å². The van der Waals surface area contributed by atoms with Gasteiger partial charge in [0.1, 0.15) is 19.6 Å². The molecule has 90 valence electrons. The molecule has 0 aromatic carbocycles. The van der Waals surface area contributed by atoms with Crippen molar-refractivity contribution in [2.45, 2.75) is 44.6 Å². The van der Waals surface area contributed by atoms with Gasteiger partial charge in [-0.15, -0.1) is 5.54 Å². The van der Waals surface area contributed by atoms with Crippen molar-refractivity contribution in [1.29, 1.82) is 0 Å². The fourth-order valence-corrected chi connectivity index (χ4v) is 2.87. The number of H-pyrrole nitrogens is 1. The molecule has 17 heavy (non-hydrogen) atoms. The van der Waals surface area contributed by atoms with Crippen LogP contribution in [0.2, 0.25) is 19.6 Å². The Kier molecular flexibility index (Phi) is 2.42. The van der Waals surface area contributed by atoms with Crippen LogP contribution >= 0.6 is 0 Å². The summed E-state index contributed by atoms with van der Waals surface area (Å²) in [5, 5.41) is 3.60. The van der Waals surface area contributed by atoms with Gasteiger partial charge in [0.15, 0.2) is 0 Å². The van der Waals surface area contributed by atoms with Gasteiger partial charge in [0.25, 0.3) is 0 Å². The average molecular weight is 245 g/mol. The van der Waals surface area contributed by atoms with Crippen molar-refractivity contribution in [3.05, 3.63) is 17.7 Å². The van der Waals surface area contributed by atoms with E-state index in [1.54, 1.807) is 0 Å². The summed E-state index contributed by atoms with van der Waals surface area (Å²) in [7, 11) is -1.30. The number of hydrogen-bond donors (Lipinski definition) is 2. The number of aromatic amines is 1. The summed E-state index contributed by atoms with van der Waals surface area (Å²) >= 11 is 0. The van der Waals surface area contributed by atoms with Gasteiger partial charge in [0, 0.05) is 12.2 Å². The lowest BCUT2D eigenvalue weighted by molar-refractivity contribution is 0.543. The number of aromatic nitrogens is 2. The lowest BCUT2D eigenvalue weighted by Crippen LogP contribution is -2.18. The highest BCUT2D eigenvalue weighted by molar-refractivity contribution is 6.83. The third-order valence-electron chi connectivity index (χ3n) is 3.37. The van der Waals surface area contributed by atoms with Gasteiger partial charge in [-0.3, -0.25) is 0 Å². The zero-order chi connectivity index (χ0) is 12.0. The maximum absolute atomic E-state index is 4.58. The predicted octanol–water partition coefficient (Wildman–Crippen LogP) is 2.06. The summed E-state index contributed by atoms with van der Waals surface area (Å²) in [6.45, 7) is 6.75. The molecule has 3 atom stereocenters. The molecule has 1 aliphatic carbocycles. The first-order valence-corrected chi connectivity index (χ1v) is 9.86. The van der Waals surface area contributed by atoms with Gasteiger partial charge < -0.3 is 10.3 Å². The monoisotopic (exact) mass is 245 g/mol. The highest BCUT2D eigenvalue weighted by Crippen LogP contribution is 2.45. The third-order valence-corrected chi connectivity index (χ3v) is 4.24. The van der Waals surface area contributed by atoms with E-state index >= 15 is 0 Å². The number of imidazole rings is 1. The number of fused-ring (bicyclic) bond motifs is 1. The standard InChI is InChI=1S/C13H19N3Si/c1-17(2,3)5-4-10-8-14-13(15-10)12-7-9-6-11(9)16-12/h8-9,11-12,16H,6-7H2,1-3H3,(H,14,15)/t9-,11-,12?/m1/s1. The van der Waals surface area contributed by atoms with Crippen molar-refractivity contribution in [3.63, 3.8) is 0 Å². The minimum atomic E-state index is -1.30. The Balaban J connectivity index is 1.71. The minimum Gasteiger partial charge on any atom is -0.346 e. The fraction of sp³-hybridized carbons (Fsp3) is 0.615. The molecule has 3 rings (SSSR count). The fourth-order valence-electron chi connectivity index (χ4n) is 2.36. The molecule has 4 heteroatoms. The molecule has 0 bridgehead atoms. The van der Waals surface area contributed by atoms with Gasteiger partial charge in [-0.05, 0) is 18.8 Å². The second-order valence-corrected chi connectivity index (χ2v) is 11.0. The highest BCUT2D eigenvalue weighted by atomic mass is 28.3. The molecular formula is C13H19N3Si. The Labute approximate surface area is 103 Å². The van der Waals surface area contributed by atoms with Gasteiger partial charge in [-0.2, -0.15) is 0 Å². The molecule has 1 unspecified atom stereocenters. The highest BCUT2D eigenvalue weighted by Gasteiger charge is 2.46. The molecule has 3 nitrogen and oxygen atoms in total. The lowest BCUT2D eigenvalue weighted by atomic mass is 10.2. The van der Waals surface area contributed by atoms with Crippen molar-refractivity contribution in [3.8, 4) is 11.5 Å². The van der Waals surface area contributed by atoms with E-state index in [1.807, 2.05) is 6.20 Å². The van der Waals surface area contributed by atoms with Crippen LogP contribution in [0.3, 0.4) is 0 Å². The van der Waals surface area contributed by atoms with E-state index in [4.69, 9.17) is 0 Å². The number of nitrogens with one attached hydrogen (secondary N) is 2. The average Bonchev–Trinajstić information content (AvgIpc) is 2.72. The first-order valence-electron chi connectivity index (χ1n) is 6.36. The smallest absolute Gasteiger partial charge is 0.130 e. The first-order chi connectivity index (χ1) is 8.01. The largest absolute Gasteiger partial charge is 0.346 e. The zero-order valence-corrected chi connectivity index (χ0v) is 11.7. The summed E-state index contributed by atoms with van der Waals surface area (Å²) in [5.41, 5.74) is 4.24. The minimum absolute atomic E-state index is 0.432. The van der Waals surface area contributed by atoms with Gasteiger partial charge in [-0.25, -0.2) is 4.98 Å². The lowest BCUT2D eigenvalue weighted by Gasteiger charge is -2.08. The Morgan fingerprint density at radius 2 is 2.18 bits per heavy atom. The number of hydrogen-bond acceptors (Lipinski definition) is 2. The Morgan fingerprint density at radius 3 is 2.82 bits per heavy atom. The molecule has 2 heterocycles. The second kappa shape index (κ2) is 3.72. The van der Waals surface area contributed by atoms with Crippen LogP contribution in [0.25, 0.3) is 0 Å². The van der Waals surface area contributed by atoms with Gasteiger partial charge in [0.2, 0.25) is 0 Å². The van der Waals surface area contributed by atoms with E-state index in [9.17, 15) is 0 Å². The third kappa shape index (κ3) is 2.45. The molecular weight excluding hydrogens is 226 g/mol. The summed E-state index contributed by atoms with van der Waals surface area (Å²) in [5.74, 6) is 5.16. The van der Waals surface area contributed by atoms with E-state index < -0.39 is 8.07 Å². The summed E-state index contributed by atoms with van der Waals surface area (Å²) in [4.78, 5) is 7.85. The maximum atomic E-state index is 4.58. The number of rotatable bonds is 1. The molecule has 0 radical (unpaired) electrons. The maximum Gasteiger partial charge on any atom is 0.130 e. The molecule has 1 aromatic heterocycles. The van der Waals surface area contributed by atoms with Gasteiger partial charge in [0.05, 0.1) is 6.04 Å².